The van der Waals surface area contributed by atoms with Gasteiger partial charge in [-0.1, -0.05) is 63.8 Å². The van der Waals surface area contributed by atoms with Crippen LogP contribution in [0.4, 0.5) is 0 Å². The Morgan fingerprint density at radius 2 is 1.20 bits per heavy atom. The lowest BCUT2D eigenvalue weighted by Crippen LogP contribution is -2.02. The fraction of sp³-hybridized carbons (Fsp3) is 0.778. The van der Waals surface area contributed by atoms with Gasteiger partial charge in [-0.25, -0.2) is 0 Å². The highest BCUT2D eigenvalue weighted by Crippen LogP contribution is 1.99. The second-order valence-corrected chi connectivity index (χ2v) is 5.14. The average Bonchev–Trinajstić information content (AvgIpc) is 2.47. The first kappa shape index (κ1) is 19.4. The fourth-order valence-electron chi connectivity index (χ4n) is 1.77. The topological polar surface area (TPSA) is 18.5 Å². The summed E-state index contributed by atoms with van der Waals surface area (Å²) in [5, 5.41) is 0. The third kappa shape index (κ3) is 17.4. The van der Waals surface area contributed by atoms with Crippen molar-refractivity contribution in [3.63, 3.8) is 0 Å². The molecule has 0 spiro atoms. The van der Waals surface area contributed by atoms with Gasteiger partial charge in [-0.3, -0.25) is 0 Å². The summed E-state index contributed by atoms with van der Waals surface area (Å²) in [6.45, 7) is 6.53. The second-order valence-electron chi connectivity index (χ2n) is 5.14. The number of ether oxygens (including phenoxy) is 2. The van der Waals surface area contributed by atoms with Crippen molar-refractivity contribution in [1.29, 1.82) is 0 Å². The van der Waals surface area contributed by atoms with E-state index < -0.39 is 0 Å². The highest BCUT2D eigenvalue weighted by Gasteiger charge is 1.90. The van der Waals surface area contributed by atoms with Gasteiger partial charge in [-0.05, 0) is 32.1 Å². The van der Waals surface area contributed by atoms with Crippen molar-refractivity contribution in [1.82, 2.24) is 0 Å². The van der Waals surface area contributed by atoms with E-state index in [1.165, 1.54) is 38.5 Å². The molecule has 0 N–H and O–H groups in total. The Morgan fingerprint density at radius 3 is 1.80 bits per heavy atom. The maximum Gasteiger partial charge on any atom is 0.146 e. The van der Waals surface area contributed by atoms with Crippen molar-refractivity contribution in [3.8, 4) is 0 Å². The predicted octanol–water partition coefficient (Wildman–Crippen LogP) is 5.64. The van der Waals surface area contributed by atoms with Gasteiger partial charge in [-0.15, -0.1) is 0 Å². The SMILES string of the molecule is CCCCC=CC=CCCCCOCOCCCCC. The molecule has 0 aliphatic heterocycles. The van der Waals surface area contributed by atoms with E-state index >= 15 is 0 Å². The molecule has 0 rings (SSSR count). The molecule has 0 aliphatic carbocycles. The molecule has 0 radical (unpaired) electrons. The molecule has 2 heteroatoms. The molecule has 2 nitrogen and oxygen atoms in total. The number of hydrogen-bond donors (Lipinski definition) is 0. The van der Waals surface area contributed by atoms with Crippen LogP contribution in [0.2, 0.25) is 0 Å². The summed E-state index contributed by atoms with van der Waals surface area (Å²) in [4.78, 5) is 0. The summed E-state index contributed by atoms with van der Waals surface area (Å²) < 4.78 is 10.8. The van der Waals surface area contributed by atoms with Crippen LogP contribution in [0.25, 0.3) is 0 Å². The summed E-state index contributed by atoms with van der Waals surface area (Å²) in [5.41, 5.74) is 0. The lowest BCUT2D eigenvalue weighted by Gasteiger charge is -2.04. The molecule has 20 heavy (non-hydrogen) atoms. The Hall–Kier alpha value is -0.600. The molecule has 118 valence electrons. The molecule has 0 bridgehead atoms. The maximum atomic E-state index is 5.43. The van der Waals surface area contributed by atoms with Crippen molar-refractivity contribution in [2.24, 2.45) is 0 Å². The van der Waals surface area contributed by atoms with Crippen molar-refractivity contribution in [2.45, 2.75) is 71.6 Å². The van der Waals surface area contributed by atoms with Crippen molar-refractivity contribution >= 4 is 0 Å². The van der Waals surface area contributed by atoms with Gasteiger partial charge in [0.15, 0.2) is 0 Å². The molecule has 0 aromatic carbocycles. The van der Waals surface area contributed by atoms with Gasteiger partial charge in [0.2, 0.25) is 0 Å². The van der Waals surface area contributed by atoms with E-state index in [0.29, 0.717) is 6.79 Å². The first-order valence-electron chi connectivity index (χ1n) is 8.39. The van der Waals surface area contributed by atoms with Crippen LogP contribution >= 0.6 is 0 Å². The lowest BCUT2D eigenvalue weighted by molar-refractivity contribution is -0.0554. The number of unbranched alkanes of at least 4 members (excludes halogenated alkanes) is 6. The zero-order valence-electron chi connectivity index (χ0n) is 13.6. The Kier molecular flexibility index (Phi) is 17.8. The quantitative estimate of drug-likeness (QED) is 0.220. The molecule has 0 fully saturated rings. The van der Waals surface area contributed by atoms with Crippen LogP contribution in [0.1, 0.15) is 71.6 Å². The Balaban J connectivity index is 3.09. The van der Waals surface area contributed by atoms with Gasteiger partial charge in [0, 0.05) is 13.2 Å². The molecule has 0 amide bonds. The van der Waals surface area contributed by atoms with E-state index in [9.17, 15) is 0 Å². The van der Waals surface area contributed by atoms with E-state index in [4.69, 9.17) is 9.47 Å². The molecule has 0 aliphatic rings. The molecule has 0 atom stereocenters. The maximum absolute atomic E-state index is 5.43. The molecule has 0 aromatic rings. The van der Waals surface area contributed by atoms with Gasteiger partial charge in [0.25, 0.3) is 0 Å². The van der Waals surface area contributed by atoms with Gasteiger partial charge in [-0.2, -0.15) is 0 Å². The van der Waals surface area contributed by atoms with Crippen molar-refractivity contribution in [3.05, 3.63) is 24.3 Å². The number of rotatable bonds is 15. The first-order chi connectivity index (χ1) is 9.91. The molecular weight excluding hydrogens is 248 g/mol. The Bertz CT molecular complexity index is 221. The monoisotopic (exact) mass is 282 g/mol. The molecule has 0 unspecified atom stereocenters. The average molecular weight is 282 g/mol. The molecule has 0 saturated carbocycles. The molecule has 0 heterocycles. The van der Waals surface area contributed by atoms with Gasteiger partial charge in [0.1, 0.15) is 6.79 Å². The highest BCUT2D eigenvalue weighted by atomic mass is 16.7. The number of hydrogen-bond acceptors (Lipinski definition) is 2. The van der Waals surface area contributed by atoms with Crippen LogP contribution in [0.3, 0.4) is 0 Å². The number of allylic oxidation sites excluding steroid dienone is 4. The summed E-state index contributed by atoms with van der Waals surface area (Å²) in [6.07, 6.45) is 19.7. The van der Waals surface area contributed by atoms with Crippen LogP contribution in [-0.4, -0.2) is 20.0 Å². The minimum atomic E-state index is 0.458. The minimum Gasteiger partial charge on any atom is -0.355 e. The summed E-state index contributed by atoms with van der Waals surface area (Å²) >= 11 is 0. The van der Waals surface area contributed by atoms with E-state index in [1.807, 2.05) is 0 Å². The fourth-order valence-corrected chi connectivity index (χ4v) is 1.77. The largest absolute Gasteiger partial charge is 0.355 e. The van der Waals surface area contributed by atoms with E-state index in [1.54, 1.807) is 0 Å². The molecule has 0 aromatic heterocycles. The van der Waals surface area contributed by atoms with Crippen LogP contribution in [-0.2, 0) is 9.47 Å². The van der Waals surface area contributed by atoms with E-state index in [0.717, 1.165) is 32.5 Å². The van der Waals surface area contributed by atoms with Gasteiger partial charge in [0.05, 0.1) is 0 Å². The van der Waals surface area contributed by atoms with Crippen molar-refractivity contribution in [2.75, 3.05) is 20.0 Å². The van der Waals surface area contributed by atoms with Gasteiger partial charge >= 0.3 is 0 Å². The van der Waals surface area contributed by atoms with Crippen LogP contribution in [0, 0.1) is 0 Å². The minimum absolute atomic E-state index is 0.458. The predicted molar refractivity (Wildman–Crippen MR) is 88.0 cm³/mol. The third-order valence-electron chi connectivity index (χ3n) is 3.08. The molecule has 0 saturated heterocycles. The zero-order chi connectivity index (χ0) is 14.7. The molecular formula is C18H34O2. The second kappa shape index (κ2) is 18.4. The van der Waals surface area contributed by atoms with E-state index in [-0.39, 0.29) is 0 Å². The van der Waals surface area contributed by atoms with Crippen LogP contribution < -0.4 is 0 Å². The third-order valence-corrected chi connectivity index (χ3v) is 3.08. The summed E-state index contributed by atoms with van der Waals surface area (Å²) in [5.74, 6) is 0. The zero-order valence-corrected chi connectivity index (χ0v) is 13.6. The standard InChI is InChI=1S/C18H34O2/c1-3-5-7-8-9-10-11-12-13-15-17-20-18-19-16-14-6-4-2/h8-11H,3-7,12-18H2,1-2H3. The first-order valence-corrected chi connectivity index (χ1v) is 8.39. The van der Waals surface area contributed by atoms with Gasteiger partial charge < -0.3 is 9.47 Å². The van der Waals surface area contributed by atoms with Crippen LogP contribution in [0.15, 0.2) is 24.3 Å². The smallest absolute Gasteiger partial charge is 0.146 e. The summed E-state index contributed by atoms with van der Waals surface area (Å²) in [6, 6.07) is 0. The van der Waals surface area contributed by atoms with Crippen LogP contribution in [0.5, 0.6) is 0 Å². The normalized spacial score (nSPS) is 11.9. The van der Waals surface area contributed by atoms with Crippen molar-refractivity contribution < 1.29 is 9.47 Å². The Morgan fingerprint density at radius 1 is 0.650 bits per heavy atom. The van der Waals surface area contributed by atoms with E-state index in [2.05, 4.69) is 38.2 Å². The highest BCUT2D eigenvalue weighted by molar-refractivity contribution is 5.02. The Labute approximate surface area is 126 Å². The lowest BCUT2D eigenvalue weighted by atomic mass is 10.2. The summed E-state index contributed by atoms with van der Waals surface area (Å²) in [7, 11) is 0.